The fourth-order valence-corrected chi connectivity index (χ4v) is 2.30. The van der Waals surface area contributed by atoms with Crippen molar-refractivity contribution in [3.05, 3.63) is 29.3 Å². The molecule has 0 spiro atoms. The standard InChI is InChI=1S/C14H17ClN2O3/c1-20-7-6-16-14(19)10-8-13(18)17(9-10)12-4-2-11(15)3-5-12/h2-5,10H,6-9H2,1H3,(H,16,19)/t10-/m1/s1. The lowest BCUT2D eigenvalue weighted by Gasteiger charge is -2.16. The van der Waals surface area contributed by atoms with Crippen molar-refractivity contribution in [2.45, 2.75) is 6.42 Å². The molecular weight excluding hydrogens is 280 g/mol. The molecule has 2 rings (SSSR count). The molecule has 1 aliphatic heterocycles. The van der Waals surface area contributed by atoms with Crippen LogP contribution in [0.2, 0.25) is 5.02 Å². The summed E-state index contributed by atoms with van der Waals surface area (Å²) in [6, 6.07) is 7.03. The number of halogens is 1. The first-order chi connectivity index (χ1) is 9.61. The Balaban J connectivity index is 1.96. The summed E-state index contributed by atoms with van der Waals surface area (Å²) in [4.78, 5) is 25.5. The molecule has 2 amide bonds. The van der Waals surface area contributed by atoms with Crippen molar-refractivity contribution < 1.29 is 14.3 Å². The molecule has 0 bridgehead atoms. The number of carbonyl (C=O) groups excluding carboxylic acids is 2. The number of benzene rings is 1. The van der Waals surface area contributed by atoms with Gasteiger partial charge in [-0.05, 0) is 24.3 Å². The zero-order valence-corrected chi connectivity index (χ0v) is 12.0. The number of amides is 2. The Hall–Kier alpha value is -1.59. The van der Waals surface area contributed by atoms with Crippen molar-refractivity contribution in [1.82, 2.24) is 5.32 Å². The second-order valence-electron chi connectivity index (χ2n) is 4.67. The Bertz CT molecular complexity index is 490. The van der Waals surface area contributed by atoms with Crippen LogP contribution < -0.4 is 10.2 Å². The van der Waals surface area contributed by atoms with Crippen LogP contribution in [0.25, 0.3) is 0 Å². The second-order valence-corrected chi connectivity index (χ2v) is 5.10. The maximum atomic E-state index is 12.0. The summed E-state index contributed by atoms with van der Waals surface area (Å²) in [5.41, 5.74) is 0.770. The van der Waals surface area contributed by atoms with E-state index in [4.69, 9.17) is 16.3 Å². The highest BCUT2D eigenvalue weighted by molar-refractivity contribution is 6.30. The Morgan fingerprint density at radius 3 is 2.80 bits per heavy atom. The summed E-state index contributed by atoms with van der Waals surface area (Å²) in [5, 5.41) is 3.38. The molecule has 1 heterocycles. The number of nitrogens with one attached hydrogen (secondary N) is 1. The quantitative estimate of drug-likeness (QED) is 0.837. The zero-order valence-electron chi connectivity index (χ0n) is 11.3. The van der Waals surface area contributed by atoms with E-state index in [2.05, 4.69) is 5.32 Å². The van der Waals surface area contributed by atoms with Crippen LogP contribution in [-0.4, -0.2) is 38.6 Å². The van der Waals surface area contributed by atoms with Gasteiger partial charge >= 0.3 is 0 Å². The van der Waals surface area contributed by atoms with Crippen molar-refractivity contribution >= 4 is 29.1 Å². The average molecular weight is 297 g/mol. The van der Waals surface area contributed by atoms with E-state index in [0.29, 0.717) is 24.7 Å². The number of nitrogens with zero attached hydrogens (tertiary/aromatic N) is 1. The van der Waals surface area contributed by atoms with Crippen molar-refractivity contribution in [1.29, 1.82) is 0 Å². The van der Waals surface area contributed by atoms with Gasteiger partial charge in [-0.15, -0.1) is 0 Å². The first-order valence-electron chi connectivity index (χ1n) is 6.44. The van der Waals surface area contributed by atoms with E-state index in [0.717, 1.165) is 5.69 Å². The average Bonchev–Trinajstić information content (AvgIpc) is 2.82. The second kappa shape index (κ2) is 6.72. The molecule has 1 aromatic rings. The van der Waals surface area contributed by atoms with E-state index < -0.39 is 0 Å². The predicted molar refractivity (Wildman–Crippen MR) is 76.8 cm³/mol. The molecule has 0 aromatic heterocycles. The number of ether oxygens (including phenoxy) is 1. The largest absolute Gasteiger partial charge is 0.383 e. The third kappa shape index (κ3) is 3.49. The molecule has 1 atom stereocenters. The van der Waals surface area contributed by atoms with Crippen LogP contribution in [0.4, 0.5) is 5.69 Å². The number of methoxy groups -OCH3 is 1. The summed E-state index contributed by atoms with van der Waals surface area (Å²) < 4.78 is 4.87. The van der Waals surface area contributed by atoms with Gasteiger partial charge in [-0.1, -0.05) is 11.6 Å². The zero-order chi connectivity index (χ0) is 14.5. The lowest BCUT2D eigenvalue weighted by atomic mass is 10.1. The summed E-state index contributed by atoms with van der Waals surface area (Å²) in [6.45, 7) is 1.33. The van der Waals surface area contributed by atoms with E-state index in [1.807, 2.05) is 0 Å². The van der Waals surface area contributed by atoms with Crippen LogP contribution in [-0.2, 0) is 14.3 Å². The van der Waals surface area contributed by atoms with Gasteiger partial charge in [-0.3, -0.25) is 9.59 Å². The van der Waals surface area contributed by atoms with Crippen LogP contribution >= 0.6 is 11.6 Å². The molecule has 1 fully saturated rings. The maximum Gasteiger partial charge on any atom is 0.227 e. The Kier molecular flexibility index (Phi) is 4.98. The minimum absolute atomic E-state index is 0.0424. The maximum absolute atomic E-state index is 12.0. The topological polar surface area (TPSA) is 58.6 Å². The van der Waals surface area contributed by atoms with E-state index in [1.54, 1.807) is 36.3 Å². The highest BCUT2D eigenvalue weighted by Crippen LogP contribution is 2.26. The van der Waals surface area contributed by atoms with Gasteiger partial charge < -0.3 is 15.0 Å². The molecule has 5 nitrogen and oxygen atoms in total. The van der Waals surface area contributed by atoms with Gasteiger partial charge in [0.2, 0.25) is 11.8 Å². The van der Waals surface area contributed by atoms with Crippen LogP contribution in [0.1, 0.15) is 6.42 Å². The lowest BCUT2D eigenvalue weighted by molar-refractivity contribution is -0.126. The number of anilines is 1. The summed E-state index contributed by atoms with van der Waals surface area (Å²) in [5.74, 6) is -0.457. The van der Waals surface area contributed by atoms with Crippen molar-refractivity contribution in [3.63, 3.8) is 0 Å². The molecule has 6 heteroatoms. The highest BCUT2D eigenvalue weighted by Gasteiger charge is 2.34. The molecule has 108 valence electrons. The third-order valence-corrected chi connectivity index (χ3v) is 3.49. The monoisotopic (exact) mass is 296 g/mol. The first kappa shape index (κ1) is 14.8. The van der Waals surface area contributed by atoms with Crippen LogP contribution in [0.5, 0.6) is 0 Å². The van der Waals surface area contributed by atoms with Crippen molar-refractivity contribution in [3.8, 4) is 0 Å². The predicted octanol–water partition coefficient (Wildman–Crippen LogP) is 1.46. The molecule has 1 saturated heterocycles. The van der Waals surface area contributed by atoms with Gasteiger partial charge in [0.05, 0.1) is 12.5 Å². The van der Waals surface area contributed by atoms with Crippen molar-refractivity contribution in [2.24, 2.45) is 5.92 Å². The fraction of sp³-hybridized carbons (Fsp3) is 0.429. The Morgan fingerprint density at radius 2 is 2.15 bits per heavy atom. The molecular formula is C14H17ClN2O3. The van der Waals surface area contributed by atoms with Gasteiger partial charge in [0.1, 0.15) is 0 Å². The Morgan fingerprint density at radius 1 is 1.45 bits per heavy atom. The molecule has 1 N–H and O–H groups in total. The summed E-state index contributed by atoms with van der Waals surface area (Å²) in [6.07, 6.45) is 0.238. The first-order valence-corrected chi connectivity index (χ1v) is 6.82. The SMILES string of the molecule is COCCNC(=O)[C@@H]1CC(=O)N(c2ccc(Cl)cc2)C1. The van der Waals surface area contributed by atoms with Crippen LogP contribution in [0.3, 0.4) is 0 Å². The third-order valence-electron chi connectivity index (χ3n) is 3.24. The van der Waals surface area contributed by atoms with Gasteiger partial charge in [0.25, 0.3) is 0 Å². The number of hydrogen-bond acceptors (Lipinski definition) is 3. The molecule has 0 radical (unpaired) electrons. The number of hydrogen-bond donors (Lipinski definition) is 1. The smallest absolute Gasteiger partial charge is 0.227 e. The fourth-order valence-electron chi connectivity index (χ4n) is 2.17. The highest BCUT2D eigenvalue weighted by atomic mass is 35.5. The van der Waals surface area contributed by atoms with Gasteiger partial charge in [-0.25, -0.2) is 0 Å². The molecule has 1 aliphatic rings. The van der Waals surface area contributed by atoms with E-state index in [9.17, 15) is 9.59 Å². The molecule has 1 aromatic carbocycles. The van der Waals surface area contributed by atoms with E-state index in [1.165, 1.54) is 0 Å². The number of rotatable bonds is 5. The lowest BCUT2D eigenvalue weighted by Crippen LogP contribution is -2.34. The van der Waals surface area contributed by atoms with Gasteiger partial charge in [0, 0.05) is 37.3 Å². The summed E-state index contributed by atoms with van der Waals surface area (Å²) >= 11 is 5.83. The number of carbonyl (C=O) groups is 2. The molecule has 20 heavy (non-hydrogen) atoms. The van der Waals surface area contributed by atoms with Crippen LogP contribution in [0, 0.1) is 5.92 Å². The Labute approximate surface area is 122 Å². The van der Waals surface area contributed by atoms with Gasteiger partial charge in [0.15, 0.2) is 0 Å². The summed E-state index contributed by atoms with van der Waals surface area (Å²) in [7, 11) is 1.58. The van der Waals surface area contributed by atoms with E-state index >= 15 is 0 Å². The van der Waals surface area contributed by atoms with Gasteiger partial charge in [-0.2, -0.15) is 0 Å². The normalized spacial score (nSPS) is 18.4. The van der Waals surface area contributed by atoms with E-state index in [-0.39, 0.29) is 24.2 Å². The molecule has 0 aliphatic carbocycles. The minimum atomic E-state index is -0.310. The molecule has 0 saturated carbocycles. The van der Waals surface area contributed by atoms with Crippen LogP contribution in [0.15, 0.2) is 24.3 Å². The minimum Gasteiger partial charge on any atom is -0.383 e. The molecule has 0 unspecified atom stereocenters. The van der Waals surface area contributed by atoms with Crippen molar-refractivity contribution in [2.75, 3.05) is 31.7 Å².